The lowest BCUT2D eigenvalue weighted by molar-refractivity contribution is 0.0701. The average molecular weight is 300 g/mol. The molecule has 1 aromatic carbocycles. The second-order valence-electron chi connectivity index (χ2n) is 3.84. The molecule has 2 aromatic rings. The van der Waals surface area contributed by atoms with E-state index in [1.165, 1.54) is 24.3 Å². The van der Waals surface area contributed by atoms with Crippen LogP contribution in [0, 0.1) is 12.8 Å². The molecule has 2 rings (SSSR count). The van der Waals surface area contributed by atoms with E-state index in [2.05, 4.69) is 4.98 Å². The topological polar surface area (TPSA) is 59.4 Å². The molecule has 0 aliphatic carbocycles. The Bertz CT molecular complexity index is 889. The molecular formula is C15H17NO3S. The first-order chi connectivity index (χ1) is 13.0. The third-order valence-corrected chi connectivity index (χ3v) is 3.56. The molecule has 0 aliphatic heterocycles. The molecule has 0 unspecified atom stereocenters. The van der Waals surface area contributed by atoms with Gasteiger partial charge in [0.25, 0.3) is 0 Å². The number of thiazole rings is 1. The van der Waals surface area contributed by atoms with Crippen LogP contribution in [0.15, 0.2) is 24.3 Å². The second-order valence-corrected chi connectivity index (χ2v) is 4.84. The summed E-state index contributed by atoms with van der Waals surface area (Å²) in [6.45, 7) is -8.81. The van der Waals surface area contributed by atoms with Crippen LogP contribution >= 0.6 is 11.3 Å². The molecule has 0 bridgehead atoms. The summed E-state index contributed by atoms with van der Waals surface area (Å²) in [7, 11) is 0. The Morgan fingerprint density at radius 3 is 2.80 bits per heavy atom. The van der Waals surface area contributed by atoms with Crippen molar-refractivity contribution in [3.8, 4) is 16.3 Å². The Kier molecular flexibility index (Phi) is 2.03. The van der Waals surface area contributed by atoms with E-state index in [1.807, 2.05) is 0 Å². The summed E-state index contributed by atoms with van der Waals surface area (Å²) in [5, 5.41) is 9.50. The number of carbonyl (C=O) groups is 1. The van der Waals surface area contributed by atoms with Crippen LogP contribution in [0.2, 0.25) is 0 Å². The lowest BCUT2D eigenvalue weighted by Gasteiger charge is -2.08. The summed E-state index contributed by atoms with van der Waals surface area (Å²) in [4.78, 5) is 15.4. The van der Waals surface area contributed by atoms with Crippen molar-refractivity contribution >= 4 is 17.3 Å². The Labute approximate surface area is 134 Å². The molecule has 1 aromatic heterocycles. The first-order valence-electron chi connectivity index (χ1n) is 10.0. The highest BCUT2D eigenvalue weighted by Crippen LogP contribution is 2.29. The van der Waals surface area contributed by atoms with Crippen LogP contribution in [-0.4, -0.2) is 22.6 Å². The minimum absolute atomic E-state index is 0.0750. The first kappa shape index (κ1) is 6.72. The predicted octanol–water partition coefficient (Wildman–Crippen LogP) is 3.85. The van der Waals surface area contributed by atoms with Crippen LogP contribution < -0.4 is 4.74 Å². The molecule has 0 spiro atoms. The highest BCUT2D eigenvalue weighted by Gasteiger charge is 2.14. The molecule has 0 aliphatic rings. The van der Waals surface area contributed by atoms with Gasteiger partial charge in [-0.05, 0) is 37.1 Å². The van der Waals surface area contributed by atoms with Crippen molar-refractivity contribution in [2.75, 3.05) is 6.56 Å². The van der Waals surface area contributed by atoms with Crippen LogP contribution in [0.5, 0.6) is 5.75 Å². The predicted molar refractivity (Wildman–Crippen MR) is 79.6 cm³/mol. The lowest BCUT2D eigenvalue weighted by atomic mass is 10.2. The van der Waals surface area contributed by atoms with Gasteiger partial charge in [-0.25, -0.2) is 9.78 Å². The zero-order valence-corrected chi connectivity index (χ0v) is 11.2. The van der Waals surface area contributed by atoms with Gasteiger partial charge in [0, 0.05) is 15.2 Å². The van der Waals surface area contributed by atoms with Gasteiger partial charge in [-0.15, -0.1) is 11.3 Å². The van der Waals surface area contributed by atoms with Gasteiger partial charge < -0.3 is 9.84 Å². The molecule has 0 amide bonds. The normalized spacial score (nSPS) is 19.9. The quantitative estimate of drug-likeness (QED) is 0.911. The zero-order chi connectivity index (χ0) is 22.4. The van der Waals surface area contributed by atoms with E-state index in [4.69, 9.17) is 22.2 Å². The van der Waals surface area contributed by atoms with E-state index >= 15 is 0 Å². The van der Waals surface area contributed by atoms with Gasteiger partial charge in [0.1, 0.15) is 15.6 Å². The Morgan fingerprint density at radius 1 is 1.55 bits per heavy atom. The highest BCUT2D eigenvalue weighted by molar-refractivity contribution is 7.17. The van der Waals surface area contributed by atoms with E-state index in [0.717, 1.165) is 11.3 Å². The Morgan fingerprint density at radius 2 is 2.25 bits per heavy atom. The molecular weight excluding hydrogens is 274 g/mol. The Hall–Kier alpha value is -1.88. The maximum atomic E-state index is 11.1. The fraction of sp³-hybridized carbons (Fsp3) is 0.333. The standard InChI is InChI=1S/C15H17NO3S/c1-9(2)8-19-12-6-4-11(5-7-12)14-16-10(3)13(20-14)15(17)18/h4-7,9H,8H2,1-3H3,(H,17,18)/i1D3,2D3,8D2,9D. The number of ether oxygens (including phenoxy) is 1. The molecule has 5 heteroatoms. The van der Waals surface area contributed by atoms with Crippen molar-refractivity contribution in [3.05, 3.63) is 34.8 Å². The molecule has 0 fully saturated rings. The fourth-order valence-electron chi connectivity index (χ4n) is 1.49. The minimum atomic E-state index is -3.53. The fourth-order valence-corrected chi connectivity index (χ4v) is 2.40. The smallest absolute Gasteiger partial charge is 0.347 e. The number of benzene rings is 1. The lowest BCUT2D eigenvalue weighted by Crippen LogP contribution is -2.04. The monoisotopic (exact) mass is 300 g/mol. The van der Waals surface area contributed by atoms with Crippen molar-refractivity contribution in [3.63, 3.8) is 0 Å². The van der Waals surface area contributed by atoms with Crippen LogP contribution in [-0.2, 0) is 0 Å². The maximum absolute atomic E-state index is 11.1. The van der Waals surface area contributed by atoms with Crippen LogP contribution in [0.4, 0.5) is 0 Å². The minimum Gasteiger partial charge on any atom is -0.493 e. The molecule has 0 saturated carbocycles. The van der Waals surface area contributed by atoms with E-state index < -0.39 is 32.1 Å². The summed E-state index contributed by atoms with van der Waals surface area (Å²) in [6.07, 6.45) is 0. The van der Waals surface area contributed by atoms with Gasteiger partial charge in [0.2, 0.25) is 0 Å². The third kappa shape index (κ3) is 3.36. The number of aromatic carboxylic acids is 1. The molecule has 106 valence electrons. The number of carboxylic acid groups (broad SMARTS) is 1. The largest absolute Gasteiger partial charge is 0.493 e. The first-order valence-corrected chi connectivity index (χ1v) is 6.33. The Balaban J connectivity index is 2.35. The van der Waals surface area contributed by atoms with Gasteiger partial charge >= 0.3 is 5.97 Å². The SMILES string of the molecule is [2H]C([2H])([2H])C([2H])(C([2H])([2H])[2H])C([2H])([2H])Oc1ccc(-c2nc(C)c(C(=O)O)s2)cc1. The van der Waals surface area contributed by atoms with Crippen LogP contribution in [0.3, 0.4) is 0 Å². The van der Waals surface area contributed by atoms with E-state index in [0.29, 0.717) is 16.3 Å². The molecule has 0 radical (unpaired) electrons. The van der Waals surface area contributed by atoms with Gasteiger partial charge in [0.15, 0.2) is 0 Å². The van der Waals surface area contributed by atoms with Gasteiger partial charge in [0.05, 0.1) is 15.0 Å². The molecule has 1 N–H and O–H groups in total. The summed E-state index contributed by atoms with van der Waals surface area (Å²) < 4.78 is 73.0. The van der Waals surface area contributed by atoms with Gasteiger partial charge in [-0.3, -0.25) is 0 Å². The van der Waals surface area contributed by atoms with Crippen molar-refractivity contribution in [2.24, 2.45) is 5.89 Å². The average Bonchev–Trinajstić information content (AvgIpc) is 2.94. The van der Waals surface area contributed by atoms with Gasteiger partial charge in [-0.1, -0.05) is 13.7 Å². The highest BCUT2D eigenvalue weighted by atomic mass is 32.1. The van der Waals surface area contributed by atoms with E-state index in [1.54, 1.807) is 6.92 Å². The van der Waals surface area contributed by atoms with Gasteiger partial charge in [-0.2, -0.15) is 0 Å². The summed E-state index contributed by atoms with van der Waals surface area (Å²) in [6, 6.07) is 5.38. The van der Waals surface area contributed by atoms with Crippen molar-refractivity contribution in [1.29, 1.82) is 0 Å². The van der Waals surface area contributed by atoms with Crippen LogP contribution in [0.25, 0.3) is 10.6 Å². The number of nitrogens with zero attached hydrogens (tertiary/aromatic N) is 1. The summed E-state index contributed by atoms with van der Waals surface area (Å²) in [5.74, 6) is -4.84. The summed E-state index contributed by atoms with van der Waals surface area (Å²) >= 11 is 0.946. The second kappa shape index (κ2) is 6.05. The number of hydrogen-bond acceptors (Lipinski definition) is 4. The van der Waals surface area contributed by atoms with E-state index in [9.17, 15) is 4.79 Å². The zero-order valence-electron chi connectivity index (χ0n) is 19.4. The number of carboxylic acids is 1. The maximum Gasteiger partial charge on any atom is 0.347 e. The third-order valence-electron chi connectivity index (χ3n) is 2.36. The molecule has 0 atom stereocenters. The van der Waals surface area contributed by atoms with Crippen molar-refractivity contribution in [2.45, 2.75) is 20.6 Å². The van der Waals surface area contributed by atoms with Crippen molar-refractivity contribution in [1.82, 2.24) is 4.98 Å². The summed E-state index contributed by atoms with van der Waals surface area (Å²) in [5.41, 5.74) is 0.839. The number of hydrogen-bond donors (Lipinski definition) is 1. The molecule has 4 nitrogen and oxygen atoms in total. The van der Waals surface area contributed by atoms with Crippen molar-refractivity contribution < 1.29 is 27.0 Å². The van der Waals surface area contributed by atoms with E-state index in [-0.39, 0.29) is 10.6 Å². The van der Waals surface area contributed by atoms with Crippen LogP contribution in [0.1, 0.15) is 41.4 Å². The number of aromatic nitrogens is 1. The molecule has 1 heterocycles. The number of aryl methyl sites for hydroxylation is 1. The number of rotatable bonds is 5. The molecule has 20 heavy (non-hydrogen) atoms. The molecule has 0 saturated heterocycles.